The molecular weight excluding hydrogens is 268 g/mol. The summed E-state index contributed by atoms with van der Waals surface area (Å²) < 4.78 is 0. The molecule has 0 aromatic heterocycles. The Kier molecular flexibility index (Phi) is 5.62. The van der Waals surface area contributed by atoms with E-state index in [0.717, 1.165) is 45.2 Å². The minimum Gasteiger partial charge on any atom is -0.480 e. The molecule has 0 aromatic carbocycles. The molecule has 5 heteroatoms. The van der Waals surface area contributed by atoms with Crippen molar-refractivity contribution in [1.29, 1.82) is 0 Å². The number of rotatable bonds is 5. The molecule has 5 nitrogen and oxygen atoms in total. The van der Waals surface area contributed by atoms with Gasteiger partial charge in [-0.15, -0.1) is 0 Å². The lowest BCUT2D eigenvalue weighted by Gasteiger charge is -2.36. The van der Waals surface area contributed by atoms with Gasteiger partial charge in [0.2, 0.25) is 5.91 Å². The van der Waals surface area contributed by atoms with Crippen LogP contribution in [0.15, 0.2) is 0 Å². The molecular formula is C16H28N2O3. The van der Waals surface area contributed by atoms with Crippen molar-refractivity contribution in [3.05, 3.63) is 0 Å². The maximum atomic E-state index is 12.2. The van der Waals surface area contributed by atoms with Gasteiger partial charge in [-0.25, -0.2) is 4.79 Å². The minimum absolute atomic E-state index is 0.0921. The molecule has 0 bridgehead atoms. The van der Waals surface area contributed by atoms with Crippen molar-refractivity contribution in [2.75, 3.05) is 13.1 Å². The van der Waals surface area contributed by atoms with Gasteiger partial charge in [0.05, 0.1) is 0 Å². The fraction of sp³-hybridized carbons (Fsp3) is 0.875. The molecule has 2 aliphatic rings. The fourth-order valence-corrected chi connectivity index (χ4v) is 3.48. The number of aliphatic carboxylic acids is 1. The van der Waals surface area contributed by atoms with Gasteiger partial charge in [0, 0.05) is 6.42 Å². The largest absolute Gasteiger partial charge is 0.480 e. The summed E-state index contributed by atoms with van der Waals surface area (Å²) in [5.41, 5.74) is -1.02. The number of carboxylic acids is 1. The van der Waals surface area contributed by atoms with E-state index in [0.29, 0.717) is 31.1 Å². The van der Waals surface area contributed by atoms with Crippen LogP contribution in [0.3, 0.4) is 0 Å². The van der Waals surface area contributed by atoms with Crippen molar-refractivity contribution in [2.24, 2.45) is 11.8 Å². The van der Waals surface area contributed by atoms with Gasteiger partial charge in [0.1, 0.15) is 5.54 Å². The van der Waals surface area contributed by atoms with E-state index in [2.05, 4.69) is 17.6 Å². The molecule has 0 aromatic rings. The van der Waals surface area contributed by atoms with E-state index >= 15 is 0 Å². The van der Waals surface area contributed by atoms with Crippen LogP contribution in [0.4, 0.5) is 0 Å². The minimum atomic E-state index is -1.02. The molecule has 1 aliphatic carbocycles. The molecule has 1 heterocycles. The highest BCUT2D eigenvalue weighted by molar-refractivity contribution is 5.87. The van der Waals surface area contributed by atoms with Crippen molar-refractivity contribution in [2.45, 2.75) is 63.8 Å². The molecule has 1 saturated carbocycles. The van der Waals surface area contributed by atoms with Crippen LogP contribution in [0.2, 0.25) is 0 Å². The predicted octanol–water partition coefficient (Wildman–Crippen LogP) is 1.92. The van der Waals surface area contributed by atoms with Gasteiger partial charge >= 0.3 is 5.97 Å². The molecule has 21 heavy (non-hydrogen) atoms. The van der Waals surface area contributed by atoms with Crippen molar-refractivity contribution in [1.82, 2.24) is 10.6 Å². The number of piperidine rings is 1. The Morgan fingerprint density at radius 3 is 2.38 bits per heavy atom. The van der Waals surface area contributed by atoms with Crippen LogP contribution in [0.1, 0.15) is 58.3 Å². The lowest BCUT2D eigenvalue weighted by atomic mass is 9.77. The van der Waals surface area contributed by atoms with Gasteiger partial charge in [0.25, 0.3) is 0 Å². The predicted molar refractivity (Wildman–Crippen MR) is 81.0 cm³/mol. The third-order valence-electron chi connectivity index (χ3n) is 5.15. The number of carboxylic acid groups (broad SMARTS) is 1. The highest BCUT2D eigenvalue weighted by atomic mass is 16.4. The number of hydrogen-bond donors (Lipinski definition) is 3. The van der Waals surface area contributed by atoms with Gasteiger partial charge < -0.3 is 15.7 Å². The van der Waals surface area contributed by atoms with Crippen molar-refractivity contribution in [3.63, 3.8) is 0 Å². The van der Waals surface area contributed by atoms with Crippen LogP contribution < -0.4 is 10.6 Å². The van der Waals surface area contributed by atoms with Crippen LogP contribution in [-0.2, 0) is 9.59 Å². The lowest BCUT2D eigenvalue weighted by Crippen LogP contribution is -2.56. The standard InChI is InChI=1S/C16H28N2O3/c1-12-4-8-16(9-5-12,15(20)21)18-14(19)3-2-13-6-10-17-11-7-13/h12-13,17H,2-11H2,1H3,(H,18,19)(H,20,21). The van der Waals surface area contributed by atoms with Crippen molar-refractivity contribution >= 4 is 11.9 Å². The Morgan fingerprint density at radius 1 is 1.19 bits per heavy atom. The first kappa shape index (κ1) is 16.3. The summed E-state index contributed by atoms with van der Waals surface area (Å²) in [6.07, 6.45) is 6.44. The number of amides is 1. The van der Waals surface area contributed by atoms with Crippen LogP contribution >= 0.6 is 0 Å². The second kappa shape index (κ2) is 7.25. The van der Waals surface area contributed by atoms with Crippen LogP contribution in [-0.4, -0.2) is 35.6 Å². The number of carbonyl (C=O) groups excluding carboxylic acids is 1. The van der Waals surface area contributed by atoms with E-state index in [1.165, 1.54) is 0 Å². The molecule has 0 radical (unpaired) electrons. The quantitative estimate of drug-likeness (QED) is 0.724. The Balaban J connectivity index is 1.82. The first-order valence-electron chi connectivity index (χ1n) is 8.27. The van der Waals surface area contributed by atoms with E-state index in [1.54, 1.807) is 0 Å². The second-order valence-electron chi connectivity index (χ2n) is 6.85. The Morgan fingerprint density at radius 2 is 1.81 bits per heavy atom. The molecule has 2 fully saturated rings. The molecule has 1 amide bonds. The zero-order valence-corrected chi connectivity index (χ0v) is 13.0. The van der Waals surface area contributed by atoms with Crippen LogP contribution in [0.25, 0.3) is 0 Å². The molecule has 1 saturated heterocycles. The number of carbonyl (C=O) groups is 2. The molecule has 1 aliphatic heterocycles. The zero-order chi connectivity index (χ0) is 15.3. The topological polar surface area (TPSA) is 78.4 Å². The average molecular weight is 296 g/mol. The van der Waals surface area contributed by atoms with E-state index in [-0.39, 0.29) is 5.91 Å². The van der Waals surface area contributed by atoms with E-state index in [1.807, 2.05) is 0 Å². The van der Waals surface area contributed by atoms with E-state index in [4.69, 9.17) is 0 Å². The normalized spacial score (nSPS) is 30.8. The highest BCUT2D eigenvalue weighted by Crippen LogP contribution is 2.32. The van der Waals surface area contributed by atoms with Gasteiger partial charge in [0.15, 0.2) is 0 Å². The summed E-state index contributed by atoms with van der Waals surface area (Å²) in [4.78, 5) is 23.8. The van der Waals surface area contributed by atoms with Gasteiger partial charge in [-0.1, -0.05) is 6.92 Å². The van der Waals surface area contributed by atoms with Gasteiger partial charge in [-0.05, 0) is 69.9 Å². The van der Waals surface area contributed by atoms with Crippen LogP contribution in [0.5, 0.6) is 0 Å². The lowest BCUT2D eigenvalue weighted by molar-refractivity contribution is -0.149. The summed E-state index contributed by atoms with van der Waals surface area (Å²) in [6, 6.07) is 0. The summed E-state index contributed by atoms with van der Waals surface area (Å²) in [5.74, 6) is 0.198. The monoisotopic (exact) mass is 296 g/mol. The molecule has 3 N–H and O–H groups in total. The molecule has 0 spiro atoms. The van der Waals surface area contributed by atoms with E-state index < -0.39 is 11.5 Å². The highest BCUT2D eigenvalue weighted by Gasteiger charge is 2.42. The summed E-state index contributed by atoms with van der Waals surface area (Å²) >= 11 is 0. The first-order valence-corrected chi connectivity index (χ1v) is 8.27. The van der Waals surface area contributed by atoms with Gasteiger partial charge in [-0.3, -0.25) is 4.79 Å². The summed E-state index contributed by atoms with van der Waals surface area (Å²) in [5, 5.41) is 15.7. The van der Waals surface area contributed by atoms with E-state index in [9.17, 15) is 14.7 Å². The third kappa shape index (κ3) is 4.43. The maximum Gasteiger partial charge on any atom is 0.329 e. The average Bonchev–Trinajstić information content (AvgIpc) is 2.48. The summed E-state index contributed by atoms with van der Waals surface area (Å²) in [7, 11) is 0. The van der Waals surface area contributed by atoms with Gasteiger partial charge in [-0.2, -0.15) is 0 Å². The number of nitrogens with one attached hydrogen (secondary N) is 2. The maximum absolute atomic E-state index is 12.2. The second-order valence-corrected chi connectivity index (χ2v) is 6.85. The Hall–Kier alpha value is -1.10. The Labute approximate surface area is 126 Å². The SMILES string of the molecule is CC1CCC(NC(=O)CCC2CCNCC2)(C(=O)O)CC1. The smallest absolute Gasteiger partial charge is 0.329 e. The Bertz CT molecular complexity index is 370. The molecule has 0 atom stereocenters. The summed E-state index contributed by atoms with van der Waals surface area (Å²) in [6.45, 7) is 4.21. The zero-order valence-electron chi connectivity index (χ0n) is 13.0. The van der Waals surface area contributed by atoms with Crippen molar-refractivity contribution < 1.29 is 14.7 Å². The fourth-order valence-electron chi connectivity index (χ4n) is 3.48. The molecule has 0 unspecified atom stereocenters. The molecule has 120 valence electrons. The molecule has 2 rings (SSSR count). The first-order chi connectivity index (χ1) is 10.0. The number of hydrogen-bond acceptors (Lipinski definition) is 3. The van der Waals surface area contributed by atoms with Crippen LogP contribution in [0, 0.1) is 11.8 Å². The van der Waals surface area contributed by atoms with Crippen molar-refractivity contribution in [3.8, 4) is 0 Å². The third-order valence-corrected chi connectivity index (χ3v) is 5.15.